The molecule has 4 heteroatoms. The van der Waals surface area contributed by atoms with Gasteiger partial charge in [0.25, 0.3) is 0 Å². The van der Waals surface area contributed by atoms with Crippen LogP contribution < -0.4 is 5.73 Å². The van der Waals surface area contributed by atoms with Crippen molar-refractivity contribution in [2.45, 2.75) is 19.3 Å². The standard InChI is InChI=1S/C12H10Br2N2/c13-6-4-8-11(15)7-2-1-3-10(7)16-12(8)9(14)5-6/h4-5H,1-3H2,(H2,15,16). The summed E-state index contributed by atoms with van der Waals surface area (Å²) in [6.07, 6.45) is 3.29. The van der Waals surface area contributed by atoms with Gasteiger partial charge in [-0.15, -0.1) is 0 Å². The molecule has 1 aliphatic rings. The number of nitrogens with two attached hydrogens (primary N) is 1. The van der Waals surface area contributed by atoms with Gasteiger partial charge in [0.05, 0.1) is 5.52 Å². The summed E-state index contributed by atoms with van der Waals surface area (Å²) in [4.78, 5) is 4.71. The predicted molar refractivity (Wildman–Crippen MR) is 73.6 cm³/mol. The van der Waals surface area contributed by atoms with Crippen LogP contribution in [-0.2, 0) is 12.8 Å². The molecule has 1 heterocycles. The fourth-order valence-corrected chi connectivity index (χ4v) is 3.64. The number of benzene rings is 1. The van der Waals surface area contributed by atoms with Crippen molar-refractivity contribution in [3.05, 3.63) is 32.3 Å². The van der Waals surface area contributed by atoms with Crippen LogP contribution in [0.5, 0.6) is 0 Å². The first kappa shape index (κ1) is 10.5. The van der Waals surface area contributed by atoms with Crippen LogP contribution in [0, 0.1) is 0 Å². The number of hydrogen-bond donors (Lipinski definition) is 1. The highest BCUT2D eigenvalue weighted by molar-refractivity contribution is 9.11. The molecule has 2 nitrogen and oxygen atoms in total. The number of nitrogens with zero attached hydrogens (tertiary/aromatic N) is 1. The quantitative estimate of drug-likeness (QED) is 0.790. The van der Waals surface area contributed by atoms with Crippen LogP contribution in [0.4, 0.5) is 5.69 Å². The zero-order chi connectivity index (χ0) is 11.3. The molecule has 2 N–H and O–H groups in total. The summed E-state index contributed by atoms with van der Waals surface area (Å²) in [7, 11) is 0. The topological polar surface area (TPSA) is 38.9 Å². The van der Waals surface area contributed by atoms with Gasteiger partial charge in [-0.3, -0.25) is 4.98 Å². The molecule has 1 aromatic carbocycles. The Morgan fingerprint density at radius 3 is 2.81 bits per heavy atom. The first-order valence-electron chi connectivity index (χ1n) is 5.23. The molecule has 0 saturated carbocycles. The number of aryl methyl sites for hydroxylation is 1. The van der Waals surface area contributed by atoms with Gasteiger partial charge in [0.1, 0.15) is 0 Å². The van der Waals surface area contributed by atoms with E-state index in [1.165, 1.54) is 17.7 Å². The van der Waals surface area contributed by atoms with E-state index >= 15 is 0 Å². The largest absolute Gasteiger partial charge is 0.398 e. The van der Waals surface area contributed by atoms with Crippen LogP contribution in [0.1, 0.15) is 17.7 Å². The summed E-state index contributed by atoms with van der Waals surface area (Å²) in [5, 5.41) is 1.04. The van der Waals surface area contributed by atoms with Gasteiger partial charge in [0.15, 0.2) is 0 Å². The average molecular weight is 342 g/mol. The van der Waals surface area contributed by atoms with Gasteiger partial charge in [-0.25, -0.2) is 0 Å². The Bertz CT molecular complexity index is 593. The Balaban J connectivity index is 2.46. The lowest BCUT2D eigenvalue weighted by Crippen LogP contribution is -1.98. The van der Waals surface area contributed by atoms with Crippen LogP contribution in [0.2, 0.25) is 0 Å². The first-order chi connectivity index (χ1) is 7.66. The summed E-state index contributed by atoms with van der Waals surface area (Å²) in [5.74, 6) is 0. The summed E-state index contributed by atoms with van der Waals surface area (Å²) < 4.78 is 2.02. The van der Waals surface area contributed by atoms with Crippen molar-refractivity contribution in [1.29, 1.82) is 0 Å². The maximum atomic E-state index is 6.23. The average Bonchev–Trinajstić information content (AvgIpc) is 2.68. The first-order valence-corrected chi connectivity index (χ1v) is 6.81. The highest BCUT2D eigenvalue weighted by atomic mass is 79.9. The minimum Gasteiger partial charge on any atom is -0.398 e. The Kier molecular flexibility index (Phi) is 2.44. The van der Waals surface area contributed by atoms with E-state index in [1.54, 1.807) is 0 Å². The molecule has 0 atom stereocenters. The lowest BCUT2D eigenvalue weighted by molar-refractivity contribution is 0.901. The Labute approximate surface area is 110 Å². The molecule has 2 aromatic rings. The monoisotopic (exact) mass is 340 g/mol. The molecule has 0 aliphatic heterocycles. The smallest absolute Gasteiger partial charge is 0.0868 e. The molecule has 1 aromatic heterocycles. The second-order valence-corrected chi connectivity index (χ2v) is 5.86. The van der Waals surface area contributed by atoms with E-state index in [2.05, 4.69) is 31.9 Å². The molecule has 0 amide bonds. The van der Waals surface area contributed by atoms with Crippen molar-refractivity contribution >= 4 is 48.5 Å². The molecule has 0 fully saturated rings. The maximum Gasteiger partial charge on any atom is 0.0868 e. The van der Waals surface area contributed by atoms with Gasteiger partial charge in [-0.1, -0.05) is 15.9 Å². The van der Waals surface area contributed by atoms with E-state index in [0.717, 1.165) is 38.4 Å². The highest BCUT2D eigenvalue weighted by Crippen LogP contribution is 2.36. The van der Waals surface area contributed by atoms with Gasteiger partial charge in [-0.05, 0) is 52.9 Å². The number of halogens is 2. The number of hydrogen-bond acceptors (Lipinski definition) is 2. The number of fused-ring (bicyclic) bond motifs is 2. The molecule has 0 spiro atoms. The van der Waals surface area contributed by atoms with Gasteiger partial charge < -0.3 is 5.73 Å². The third-order valence-corrected chi connectivity index (χ3v) is 4.14. The van der Waals surface area contributed by atoms with Crippen molar-refractivity contribution < 1.29 is 0 Å². The normalized spacial score (nSPS) is 14.4. The zero-order valence-electron chi connectivity index (χ0n) is 8.56. The minimum absolute atomic E-state index is 0.902. The highest BCUT2D eigenvalue weighted by Gasteiger charge is 2.18. The summed E-state index contributed by atoms with van der Waals surface area (Å²) in [6.45, 7) is 0. The van der Waals surface area contributed by atoms with Gasteiger partial charge in [-0.2, -0.15) is 0 Å². The number of pyridine rings is 1. The van der Waals surface area contributed by atoms with Crippen molar-refractivity contribution in [2.24, 2.45) is 0 Å². The fourth-order valence-electron chi connectivity index (χ4n) is 2.32. The molecule has 1 aliphatic carbocycles. The van der Waals surface area contributed by atoms with Crippen molar-refractivity contribution in [2.75, 3.05) is 5.73 Å². The Hall–Kier alpha value is -0.610. The molecule has 0 radical (unpaired) electrons. The van der Waals surface area contributed by atoms with E-state index in [9.17, 15) is 0 Å². The van der Waals surface area contributed by atoms with E-state index < -0.39 is 0 Å². The minimum atomic E-state index is 0.902. The van der Waals surface area contributed by atoms with Gasteiger partial charge in [0.2, 0.25) is 0 Å². The number of rotatable bonds is 0. The second-order valence-electron chi connectivity index (χ2n) is 4.09. The Morgan fingerprint density at radius 2 is 2.00 bits per heavy atom. The van der Waals surface area contributed by atoms with Crippen molar-refractivity contribution in [1.82, 2.24) is 4.98 Å². The van der Waals surface area contributed by atoms with Crippen LogP contribution >= 0.6 is 31.9 Å². The molecule has 16 heavy (non-hydrogen) atoms. The summed E-state index contributed by atoms with van der Waals surface area (Å²) in [6, 6.07) is 4.05. The third-order valence-electron chi connectivity index (χ3n) is 3.08. The molecule has 0 bridgehead atoms. The SMILES string of the molecule is Nc1c2c(nc3c(Br)cc(Br)cc13)CCC2. The zero-order valence-corrected chi connectivity index (χ0v) is 11.7. The maximum absolute atomic E-state index is 6.23. The van der Waals surface area contributed by atoms with Crippen LogP contribution in [-0.4, -0.2) is 4.98 Å². The van der Waals surface area contributed by atoms with Crippen molar-refractivity contribution in [3.8, 4) is 0 Å². The number of anilines is 1. The summed E-state index contributed by atoms with van der Waals surface area (Å²) in [5.41, 5.74) is 10.5. The van der Waals surface area contributed by atoms with Crippen molar-refractivity contribution in [3.63, 3.8) is 0 Å². The van der Waals surface area contributed by atoms with Gasteiger partial charge in [0, 0.05) is 25.7 Å². The molecule has 82 valence electrons. The molecule has 0 unspecified atom stereocenters. The van der Waals surface area contributed by atoms with Gasteiger partial charge >= 0.3 is 0 Å². The van der Waals surface area contributed by atoms with E-state index in [0.29, 0.717) is 0 Å². The third kappa shape index (κ3) is 1.47. The summed E-state index contributed by atoms with van der Waals surface area (Å²) >= 11 is 7.03. The predicted octanol–water partition coefficient (Wildman–Crippen LogP) is 3.83. The lowest BCUT2D eigenvalue weighted by Gasteiger charge is -2.09. The fraction of sp³-hybridized carbons (Fsp3) is 0.250. The molecular formula is C12H10Br2N2. The van der Waals surface area contributed by atoms with Crippen LogP contribution in [0.3, 0.4) is 0 Å². The second kappa shape index (κ2) is 3.70. The van der Waals surface area contributed by atoms with Crippen LogP contribution in [0.15, 0.2) is 21.1 Å². The Morgan fingerprint density at radius 1 is 1.19 bits per heavy atom. The van der Waals surface area contributed by atoms with E-state index in [-0.39, 0.29) is 0 Å². The van der Waals surface area contributed by atoms with E-state index in [4.69, 9.17) is 10.7 Å². The molecule has 0 saturated heterocycles. The molecule has 3 rings (SSSR count). The van der Waals surface area contributed by atoms with E-state index in [1.807, 2.05) is 12.1 Å². The lowest BCUT2D eigenvalue weighted by atomic mass is 10.1. The molecular weight excluding hydrogens is 332 g/mol. The number of aromatic nitrogens is 1. The number of nitrogen functional groups attached to an aromatic ring is 1. The van der Waals surface area contributed by atoms with Crippen LogP contribution in [0.25, 0.3) is 10.9 Å².